The topological polar surface area (TPSA) is 124 Å². The Kier molecular flexibility index (Phi) is 6.00. The molecular weight excluding hydrogens is 384 g/mol. The zero-order valence-corrected chi connectivity index (χ0v) is 17.0. The van der Waals surface area contributed by atoms with Gasteiger partial charge in [0.25, 0.3) is 0 Å². The maximum absolute atomic E-state index is 6.07. The highest BCUT2D eigenvalue weighted by Gasteiger charge is 2.18. The van der Waals surface area contributed by atoms with Gasteiger partial charge in [0.1, 0.15) is 11.8 Å². The Hall–Kier alpha value is -2.59. The summed E-state index contributed by atoms with van der Waals surface area (Å²) >= 11 is 1.09. The molecule has 1 aliphatic rings. The molecule has 8 nitrogen and oxygen atoms in total. The molecule has 3 aromatic rings. The molecule has 0 radical (unpaired) electrons. The lowest BCUT2D eigenvalue weighted by atomic mass is 10.1. The highest BCUT2D eigenvalue weighted by Crippen LogP contribution is 2.26. The van der Waals surface area contributed by atoms with Crippen molar-refractivity contribution in [3.05, 3.63) is 59.4 Å². The molecule has 0 amide bonds. The Labute approximate surface area is 174 Å². The van der Waals surface area contributed by atoms with E-state index in [1.807, 2.05) is 35.0 Å². The standard InChI is InChI=1S/C20H26N8S/c21-16-5-7-27(8-6-16)11-15-4-9-28-19(15)20(24-13-25-28)26-17-3-1-2-14(10-17)18(22)12-29-23/h1-4,9-10,12-13,16H,5-8,11,21-23H2,(H,24,25,26)/b18-12-. The molecule has 29 heavy (non-hydrogen) atoms. The van der Waals surface area contributed by atoms with E-state index in [9.17, 15) is 0 Å². The first-order valence-corrected chi connectivity index (χ1v) is 10.6. The zero-order chi connectivity index (χ0) is 20.2. The number of hydrogen-bond donors (Lipinski definition) is 4. The Morgan fingerprint density at radius 2 is 2.10 bits per heavy atom. The number of nitrogens with one attached hydrogen (secondary N) is 1. The van der Waals surface area contributed by atoms with E-state index < -0.39 is 0 Å². The number of fused-ring (bicyclic) bond motifs is 1. The summed E-state index contributed by atoms with van der Waals surface area (Å²) in [6, 6.07) is 10.3. The van der Waals surface area contributed by atoms with Crippen LogP contribution in [0, 0.1) is 0 Å². The third-order valence-electron chi connectivity index (χ3n) is 5.22. The fraction of sp³-hybridized carbons (Fsp3) is 0.300. The predicted octanol–water partition coefficient (Wildman–Crippen LogP) is 2.26. The van der Waals surface area contributed by atoms with Crippen molar-refractivity contribution in [1.29, 1.82) is 0 Å². The van der Waals surface area contributed by atoms with Gasteiger partial charge in [-0.2, -0.15) is 5.10 Å². The summed E-state index contributed by atoms with van der Waals surface area (Å²) in [6.07, 6.45) is 5.61. The van der Waals surface area contributed by atoms with E-state index in [-0.39, 0.29) is 0 Å². The van der Waals surface area contributed by atoms with Gasteiger partial charge in [0.15, 0.2) is 5.82 Å². The van der Waals surface area contributed by atoms with Gasteiger partial charge in [0.05, 0.1) is 0 Å². The summed E-state index contributed by atoms with van der Waals surface area (Å²) in [4.78, 5) is 6.94. The lowest BCUT2D eigenvalue weighted by Gasteiger charge is -2.29. The van der Waals surface area contributed by atoms with Crippen LogP contribution in [0.15, 0.2) is 48.3 Å². The number of nitrogens with zero attached hydrogens (tertiary/aromatic N) is 4. The van der Waals surface area contributed by atoms with Crippen LogP contribution in [0.1, 0.15) is 24.0 Å². The number of anilines is 2. The number of piperidine rings is 1. The molecule has 0 aliphatic carbocycles. The van der Waals surface area contributed by atoms with Crippen LogP contribution < -0.4 is 21.9 Å². The maximum Gasteiger partial charge on any atom is 0.158 e. The SMILES string of the molecule is NS/C=C(\N)c1cccc(Nc2ncnn3ccc(CN4CCC(N)CC4)c23)c1. The number of likely N-dealkylation sites (tertiary alicyclic amines) is 1. The summed E-state index contributed by atoms with van der Waals surface area (Å²) < 4.78 is 1.86. The minimum Gasteiger partial charge on any atom is -0.398 e. The molecule has 1 aromatic carbocycles. The number of benzene rings is 1. The molecule has 0 spiro atoms. The van der Waals surface area contributed by atoms with Crippen molar-refractivity contribution in [2.75, 3.05) is 18.4 Å². The quantitative estimate of drug-likeness (QED) is 0.456. The molecule has 4 rings (SSSR count). The summed E-state index contributed by atoms with van der Waals surface area (Å²) in [5.74, 6) is 0.765. The lowest BCUT2D eigenvalue weighted by Crippen LogP contribution is -2.39. The number of nitrogens with two attached hydrogens (primary N) is 3. The first-order chi connectivity index (χ1) is 14.1. The minimum atomic E-state index is 0.323. The summed E-state index contributed by atoms with van der Waals surface area (Å²) in [6.45, 7) is 2.89. The van der Waals surface area contributed by atoms with E-state index in [1.54, 1.807) is 11.7 Å². The van der Waals surface area contributed by atoms with Crippen molar-refractivity contribution in [3.8, 4) is 0 Å². The smallest absolute Gasteiger partial charge is 0.158 e. The van der Waals surface area contributed by atoms with Crippen LogP contribution in [0.25, 0.3) is 11.2 Å². The molecule has 0 unspecified atom stereocenters. The summed E-state index contributed by atoms with van der Waals surface area (Å²) in [5, 5.41) is 15.0. The van der Waals surface area contributed by atoms with Gasteiger partial charge in [-0.05, 0) is 49.7 Å². The van der Waals surface area contributed by atoms with Crippen LogP contribution in [-0.2, 0) is 6.54 Å². The Bertz CT molecular complexity index is 1010. The average Bonchev–Trinajstić information content (AvgIpc) is 3.14. The molecular formula is C20H26N8S. The van der Waals surface area contributed by atoms with Crippen molar-refractivity contribution in [1.82, 2.24) is 19.5 Å². The van der Waals surface area contributed by atoms with E-state index in [2.05, 4.69) is 26.4 Å². The van der Waals surface area contributed by atoms with Gasteiger partial charge in [-0.1, -0.05) is 24.1 Å². The van der Waals surface area contributed by atoms with Crippen LogP contribution in [-0.4, -0.2) is 38.6 Å². The third-order valence-corrected chi connectivity index (χ3v) is 5.61. The first kappa shape index (κ1) is 19.7. The van der Waals surface area contributed by atoms with Crippen LogP contribution in [0.3, 0.4) is 0 Å². The Balaban J connectivity index is 1.60. The van der Waals surface area contributed by atoms with Crippen molar-refractivity contribution >= 4 is 34.7 Å². The molecule has 9 heteroatoms. The monoisotopic (exact) mass is 410 g/mol. The molecule has 1 aliphatic heterocycles. The van der Waals surface area contributed by atoms with Crippen molar-refractivity contribution < 1.29 is 0 Å². The number of rotatable bonds is 6. The highest BCUT2D eigenvalue weighted by atomic mass is 32.2. The minimum absolute atomic E-state index is 0.323. The van der Waals surface area contributed by atoms with Gasteiger partial charge in [0, 0.05) is 41.1 Å². The van der Waals surface area contributed by atoms with Crippen molar-refractivity contribution in [3.63, 3.8) is 0 Å². The van der Waals surface area contributed by atoms with E-state index in [4.69, 9.17) is 16.6 Å². The van der Waals surface area contributed by atoms with Gasteiger partial charge < -0.3 is 16.8 Å². The van der Waals surface area contributed by atoms with Gasteiger partial charge in [-0.25, -0.2) is 9.50 Å². The number of aromatic nitrogens is 3. The molecule has 1 fully saturated rings. The van der Waals surface area contributed by atoms with E-state index in [0.29, 0.717) is 11.7 Å². The third kappa shape index (κ3) is 4.54. The summed E-state index contributed by atoms with van der Waals surface area (Å²) in [7, 11) is 0. The fourth-order valence-electron chi connectivity index (χ4n) is 3.64. The molecule has 2 aromatic heterocycles. The molecule has 7 N–H and O–H groups in total. The van der Waals surface area contributed by atoms with Gasteiger partial charge in [0.2, 0.25) is 0 Å². The second-order valence-corrected chi connectivity index (χ2v) is 7.78. The van der Waals surface area contributed by atoms with Crippen molar-refractivity contribution in [2.45, 2.75) is 25.4 Å². The summed E-state index contributed by atoms with van der Waals surface area (Å²) in [5.41, 5.74) is 16.7. The van der Waals surface area contributed by atoms with Gasteiger partial charge >= 0.3 is 0 Å². The van der Waals surface area contributed by atoms with Crippen LogP contribution >= 0.6 is 11.9 Å². The lowest BCUT2D eigenvalue weighted by molar-refractivity contribution is 0.206. The zero-order valence-electron chi connectivity index (χ0n) is 16.2. The Morgan fingerprint density at radius 3 is 2.90 bits per heavy atom. The van der Waals surface area contributed by atoms with Gasteiger partial charge in [-0.15, -0.1) is 0 Å². The maximum atomic E-state index is 6.07. The Morgan fingerprint density at radius 1 is 1.28 bits per heavy atom. The first-order valence-electron chi connectivity index (χ1n) is 9.62. The molecule has 0 saturated carbocycles. The van der Waals surface area contributed by atoms with E-state index in [1.165, 1.54) is 5.56 Å². The normalized spacial score (nSPS) is 16.4. The molecule has 3 heterocycles. The molecule has 152 valence electrons. The molecule has 0 bridgehead atoms. The predicted molar refractivity (Wildman–Crippen MR) is 119 cm³/mol. The number of hydrogen-bond acceptors (Lipinski definition) is 8. The molecule has 0 atom stereocenters. The van der Waals surface area contributed by atoms with Crippen LogP contribution in [0.4, 0.5) is 11.5 Å². The second kappa shape index (κ2) is 8.83. The largest absolute Gasteiger partial charge is 0.398 e. The van der Waals surface area contributed by atoms with Crippen LogP contribution in [0.2, 0.25) is 0 Å². The van der Waals surface area contributed by atoms with Crippen LogP contribution in [0.5, 0.6) is 0 Å². The molecule has 1 saturated heterocycles. The highest BCUT2D eigenvalue weighted by molar-refractivity contribution is 8.00. The van der Waals surface area contributed by atoms with Gasteiger partial charge in [-0.3, -0.25) is 10.0 Å². The van der Waals surface area contributed by atoms with Crippen molar-refractivity contribution in [2.24, 2.45) is 16.6 Å². The average molecular weight is 411 g/mol. The van der Waals surface area contributed by atoms with E-state index >= 15 is 0 Å². The van der Waals surface area contributed by atoms with E-state index in [0.717, 1.165) is 67.0 Å². The fourth-order valence-corrected chi connectivity index (χ4v) is 3.93. The second-order valence-electron chi connectivity index (χ2n) is 7.27.